The molecule has 1 heterocycles. The lowest BCUT2D eigenvalue weighted by molar-refractivity contribution is 0.397. The Kier molecular flexibility index (Phi) is 4.37. The van der Waals surface area contributed by atoms with E-state index in [1.54, 1.807) is 19.1 Å². The van der Waals surface area contributed by atoms with E-state index in [-0.39, 0.29) is 16.5 Å². The number of nitrogens with zero attached hydrogens (tertiary/aromatic N) is 2. The minimum atomic E-state index is -3.75. The second-order valence-corrected chi connectivity index (χ2v) is 6.95. The summed E-state index contributed by atoms with van der Waals surface area (Å²) in [5.74, 6) is 1.26. The Balaban J connectivity index is 2.31. The van der Waals surface area contributed by atoms with Crippen molar-refractivity contribution < 1.29 is 12.8 Å². The summed E-state index contributed by atoms with van der Waals surface area (Å²) in [6.45, 7) is 1.89. The van der Waals surface area contributed by atoms with Crippen molar-refractivity contribution in [1.29, 1.82) is 5.26 Å². The van der Waals surface area contributed by atoms with E-state index in [2.05, 4.69) is 0 Å². The van der Waals surface area contributed by atoms with Crippen LogP contribution in [0.25, 0.3) is 0 Å². The van der Waals surface area contributed by atoms with Crippen molar-refractivity contribution in [3.63, 3.8) is 0 Å². The molecule has 21 heavy (non-hydrogen) atoms. The standard InChI is InChI=1S/C14H13ClN2O3S/c1-10-3-5-12(20-10)9-17(2)21(18,19)14-6-4-11(8-16)7-13(14)15/h3-7H,9H2,1-2H3. The van der Waals surface area contributed by atoms with Crippen molar-refractivity contribution in [3.05, 3.63) is 52.4 Å². The Bertz CT molecular complexity index is 806. The van der Waals surface area contributed by atoms with Crippen LogP contribution in [-0.4, -0.2) is 19.8 Å². The van der Waals surface area contributed by atoms with Crippen molar-refractivity contribution in [2.75, 3.05) is 7.05 Å². The minimum Gasteiger partial charge on any atom is -0.465 e. The van der Waals surface area contributed by atoms with E-state index in [1.165, 1.54) is 25.2 Å². The molecule has 7 heteroatoms. The van der Waals surface area contributed by atoms with Crippen LogP contribution in [0, 0.1) is 18.3 Å². The third-order valence-electron chi connectivity index (χ3n) is 2.92. The van der Waals surface area contributed by atoms with Gasteiger partial charge in [-0.25, -0.2) is 8.42 Å². The first-order chi connectivity index (χ1) is 9.84. The molecule has 0 saturated heterocycles. The number of furan rings is 1. The maximum absolute atomic E-state index is 12.5. The zero-order valence-corrected chi connectivity index (χ0v) is 13.1. The number of nitriles is 1. The average molecular weight is 325 g/mol. The number of rotatable bonds is 4. The highest BCUT2D eigenvalue weighted by atomic mass is 35.5. The van der Waals surface area contributed by atoms with Gasteiger partial charge < -0.3 is 4.42 Å². The molecule has 0 aliphatic rings. The summed E-state index contributed by atoms with van der Waals surface area (Å²) in [5, 5.41) is 8.81. The zero-order chi connectivity index (χ0) is 15.6. The summed E-state index contributed by atoms with van der Waals surface area (Å²) in [6, 6.07) is 9.49. The molecule has 0 N–H and O–H groups in total. The Morgan fingerprint density at radius 3 is 2.57 bits per heavy atom. The first-order valence-corrected chi connectivity index (χ1v) is 7.87. The third kappa shape index (κ3) is 3.27. The second-order valence-electron chi connectivity index (χ2n) is 4.53. The molecule has 2 rings (SSSR count). The Morgan fingerprint density at radius 2 is 2.05 bits per heavy atom. The number of hydrogen-bond acceptors (Lipinski definition) is 4. The van der Waals surface area contributed by atoms with Crippen LogP contribution in [0.3, 0.4) is 0 Å². The molecule has 0 atom stereocenters. The number of hydrogen-bond donors (Lipinski definition) is 0. The SMILES string of the molecule is Cc1ccc(CN(C)S(=O)(=O)c2ccc(C#N)cc2Cl)o1. The van der Waals surface area contributed by atoms with Crippen LogP contribution in [0.1, 0.15) is 17.1 Å². The van der Waals surface area contributed by atoms with E-state index >= 15 is 0 Å². The molecule has 0 amide bonds. The fourth-order valence-corrected chi connectivity index (χ4v) is 3.47. The average Bonchev–Trinajstić information content (AvgIpc) is 2.83. The summed E-state index contributed by atoms with van der Waals surface area (Å²) < 4.78 is 31.5. The summed E-state index contributed by atoms with van der Waals surface area (Å²) in [4.78, 5) is -0.0334. The van der Waals surface area contributed by atoms with E-state index in [0.717, 1.165) is 4.31 Å². The van der Waals surface area contributed by atoms with Gasteiger partial charge in [-0.15, -0.1) is 0 Å². The smallest absolute Gasteiger partial charge is 0.244 e. The first-order valence-electron chi connectivity index (χ1n) is 6.06. The molecule has 0 saturated carbocycles. The summed E-state index contributed by atoms with van der Waals surface area (Å²) in [6.07, 6.45) is 0. The molecule has 1 aromatic heterocycles. The van der Waals surface area contributed by atoms with Crippen LogP contribution in [0.15, 0.2) is 39.6 Å². The van der Waals surface area contributed by atoms with E-state index in [1.807, 2.05) is 6.07 Å². The van der Waals surface area contributed by atoms with E-state index in [9.17, 15) is 8.42 Å². The van der Waals surface area contributed by atoms with Crippen molar-refractivity contribution >= 4 is 21.6 Å². The fourth-order valence-electron chi connectivity index (χ4n) is 1.82. The molecule has 0 aliphatic heterocycles. The quantitative estimate of drug-likeness (QED) is 0.866. The van der Waals surface area contributed by atoms with Gasteiger partial charge in [-0.2, -0.15) is 9.57 Å². The van der Waals surface area contributed by atoms with Crippen molar-refractivity contribution in [3.8, 4) is 6.07 Å². The van der Waals surface area contributed by atoms with Crippen LogP contribution < -0.4 is 0 Å². The van der Waals surface area contributed by atoms with Gasteiger partial charge in [0.25, 0.3) is 0 Å². The largest absolute Gasteiger partial charge is 0.465 e. The Morgan fingerprint density at radius 1 is 1.33 bits per heavy atom. The van der Waals surface area contributed by atoms with Crippen molar-refractivity contribution in [2.24, 2.45) is 0 Å². The predicted molar refractivity (Wildman–Crippen MR) is 78.3 cm³/mol. The van der Waals surface area contributed by atoms with Gasteiger partial charge in [0.15, 0.2) is 0 Å². The van der Waals surface area contributed by atoms with E-state index < -0.39 is 10.0 Å². The Labute approximate surface area is 128 Å². The van der Waals surface area contributed by atoms with Crippen molar-refractivity contribution in [1.82, 2.24) is 4.31 Å². The van der Waals surface area contributed by atoms with Gasteiger partial charge in [-0.05, 0) is 37.3 Å². The molecule has 0 unspecified atom stereocenters. The molecule has 0 fully saturated rings. The first kappa shape index (κ1) is 15.6. The summed E-state index contributed by atoms with van der Waals surface area (Å²) in [5.41, 5.74) is 0.309. The predicted octanol–water partition coefficient (Wildman–Crippen LogP) is 2.93. The van der Waals surface area contributed by atoms with Gasteiger partial charge in [-0.1, -0.05) is 11.6 Å². The topological polar surface area (TPSA) is 74.3 Å². The number of halogens is 1. The van der Waals surface area contributed by atoms with Crippen LogP contribution in [0.4, 0.5) is 0 Å². The van der Waals surface area contributed by atoms with Crippen LogP contribution >= 0.6 is 11.6 Å². The highest BCUT2D eigenvalue weighted by Gasteiger charge is 2.24. The van der Waals surface area contributed by atoms with Crippen LogP contribution in [0.2, 0.25) is 5.02 Å². The highest BCUT2D eigenvalue weighted by Crippen LogP contribution is 2.26. The molecule has 110 valence electrons. The maximum atomic E-state index is 12.5. The van der Waals surface area contributed by atoms with Gasteiger partial charge >= 0.3 is 0 Å². The number of aryl methyl sites for hydroxylation is 1. The normalized spacial score (nSPS) is 11.6. The Hall–Kier alpha value is -1.81. The van der Waals surface area contributed by atoms with Crippen LogP contribution in [-0.2, 0) is 16.6 Å². The van der Waals surface area contributed by atoms with Gasteiger partial charge in [0.2, 0.25) is 10.0 Å². The molecular weight excluding hydrogens is 312 g/mol. The van der Waals surface area contributed by atoms with Gasteiger partial charge in [0.1, 0.15) is 16.4 Å². The lowest BCUT2D eigenvalue weighted by Gasteiger charge is -2.16. The number of benzene rings is 1. The molecule has 2 aromatic rings. The van der Waals surface area contributed by atoms with Crippen LogP contribution in [0.5, 0.6) is 0 Å². The van der Waals surface area contributed by atoms with E-state index in [0.29, 0.717) is 17.1 Å². The van der Waals surface area contributed by atoms with Gasteiger partial charge in [0.05, 0.1) is 23.2 Å². The highest BCUT2D eigenvalue weighted by molar-refractivity contribution is 7.89. The van der Waals surface area contributed by atoms with Gasteiger partial charge in [0, 0.05) is 7.05 Å². The van der Waals surface area contributed by atoms with E-state index in [4.69, 9.17) is 21.3 Å². The monoisotopic (exact) mass is 324 g/mol. The summed E-state index contributed by atoms with van der Waals surface area (Å²) in [7, 11) is -2.31. The van der Waals surface area contributed by atoms with Gasteiger partial charge in [-0.3, -0.25) is 0 Å². The molecule has 0 spiro atoms. The number of sulfonamides is 1. The second kappa shape index (κ2) is 5.90. The van der Waals surface area contributed by atoms with Crippen molar-refractivity contribution in [2.45, 2.75) is 18.4 Å². The molecule has 0 aliphatic carbocycles. The molecule has 5 nitrogen and oxygen atoms in total. The molecule has 0 bridgehead atoms. The fraction of sp³-hybridized carbons (Fsp3) is 0.214. The molecular formula is C14H13ClN2O3S. The minimum absolute atomic E-state index is 0.0246. The zero-order valence-electron chi connectivity index (χ0n) is 11.5. The molecule has 0 radical (unpaired) electrons. The lowest BCUT2D eigenvalue weighted by atomic mass is 10.2. The molecule has 1 aromatic carbocycles. The maximum Gasteiger partial charge on any atom is 0.244 e. The summed E-state index contributed by atoms with van der Waals surface area (Å²) >= 11 is 5.96. The third-order valence-corrected chi connectivity index (χ3v) is 5.21. The lowest BCUT2D eigenvalue weighted by Crippen LogP contribution is -2.26.